The van der Waals surface area contributed by atoms with Gasteiger partial charge in [-0.1, -0.05) is 48.5 Å². The lowest BCUT2D eigenvalue weighted by molar-refractivity contribution is -0.385. The second-order valence-corrected chi connectivity index (χ2v) is 7.56. The third kappa shape index (κ3) is 6.12. The molecule has 1 saturated heterocycles. The van der Waals surface area contributed by atoms with Gasteiger partial charge in [0.15, 0.2) is 0 Å². The Hall–Kier alpha value is -4.28. The number of nitrogens with one attached hydrogen (secondary N) is 3. The van der Waals surface area contributed by atoms with Gasteiger partial charge in [0.1, 0.15) is 18.1 Å². The number of para-hydroxylation sites is 1. The Kier molecular flexibility index (Phi) is 7.34. The van der Waals surface area contributed by atoms with Gasteiger partial charge in [0.2, 0.25) is 17.7 Å². The number of nitrogens with zero attached hydrogens (tertiary/aromatic N) is 1. The fourth-order valence-electron chi connectivity index (χ4n) is 3.53. The molecule has 3 atom stereocenters. The van der Waals surface area contributed by atoms with Crippen molar-refractivity contribution in [1.29, 1.82) is 0 Å². The summed E-state index contributed by atoms with van der Waals surface area (Å²) in [5.41, 5.74) is 0.734. The number of carboxylic acid groups (broad SMARTS) is 1. The number of carbonyl (C=O) groups excluding carboxylic acids is 3. The number of aliphatic carboxylic acids is 1. The first-order valence-electron chi connectivity index (χ1n) is 10.1. The minimum absolute atomic E-state index is 0.141. The van der Waals surface area contributed by atoms with Gasteiger partial charge >= 0.3 is 5.97 Å². The summed E-state index contributed by atoms with van der Waals surface area (Å²) in [5.74, 6) is -3.19. The van der Waals surface area contributed by atoms with E-state index in [2.05, 4.69) is 16.0 Å². The molecule has 1 aliphatic heterocycles. The van der Waals surface area contributed by atoms with E-state index in [1.807, 2.05) is 30.3 Å². The van der Waals surface area contributed by atoms with Crippen LogP contribution in [-0.4, -0.2) is 51.8 Å². The molecule has 33 heavy (non-hydrogen) atoms. The van der Waals surface area contributed by atoms with Gasteiger partial charge in [-0.05, 0) is 5.56 Å². The molecule has 1 aliphatic rings. The van der Waals surface area contributed by atoms with Gasteiger partial charge < -0.3 is 21.1 Å². The molecule has 1 heterocycles. The highest BCUT2D eigenvalue weighted by Gasteiger charge is 2.35. The zero-order chi connectivity index (χ0) is 24.0. The van der Waals surface area contributed by atoms with Crippen LogP contribution in [0.2, 0.25) is 0 Å². The van der Waals surface area contributed by atoms with Crippen molar-refractivity contribution in [1.82, 2.24) is 16.0 Å². The average molecular weight is 454 g/mol. The standard InChI is InChI=1S/C22H22N4O7/c27-19(23-17(22(30)31)11-14-8-4-5-9-18(14)26(32)33)12-16-21(29)24-15(20(28)25-16)10-13-6-2-1-3-7-13/h1-9,15-17H,10-12H2,(H,23,27)(H,24,29)(H,25,28)(H,30,31)/t15-,16-,17-/m0/s1. The van der Waals surface area contributed by atoms with E-state index in [0.717, 1.165) is 5.56 Å². The molecule has 11 heteroatoms. The monoisotopic (exact) mass is 454 g/mol. The summed E-state index contributed by atoms with van der Waals surface area (Å²) >= 11 is 0. The Labute approximate surface area is 188 Å². The summed E-state index contributed by atoms with van der Waals surface area (Å²) < 4.78 is 0. The van der Waals surface area contributed by atoms with Gasteiger partial charge in [-0.2, -0.15) is 0 Å². The van der Waals surface area contributed by atoms with Crippen molar-refractivity contribution in [2.75, 3.05) is 0 Å². The SMILES string of the molecule is O=C(C[C@@H]1NC(=O)[C@H](Cc2ccccc2)NC1=O)N[C@@H](Cc1ccccc1[N+](=O)[O-])C(=O)O. The zero-order valence-electron chi connectivity index (χ0n) is 17.4. The molecule has 0 aliphatic carbocycles. The maximum Gasteiger partial charge on any atom is 0.326 e. The lowest BCUT2D eigenvalue weighted by Gasteiger charge is -2.29. The molecule has 1 fully saturated rings. The fraction of sp³-hybridized carbons (Fsp3) is 0.273. The quantitative estimate of drug-likeness (QED) is 0.313. The van der Waals surface area contributed by atoms with Crippen molar-refractivity contribution in [2.45, 2.75) is 37.4 Å². The first-order chi connectivity index (χ1) is 15.7. The maximum atomic E-state index is 12.4. The summed E-state index contributed by atoms with van der Waals surface area (Å²) in [7, 11) is 0. The highest BCUT2D eigenvalue weighted by molar-refractivity contribution is 5.99. The molecule has 3 rings (SSSR count). The minimum Gasteiger partial charge on any atom is -0.480 e. The van der Waals surface area contributed by atoms with Crippen molar-refractivity contribution in [3.8, 4) is 0 Å². The van der Waals surface area contributed by atoms with Crippen LogP contribution in [0.4, 0.5) is 5.69 Å². The van der Waals surface area contributed by atoms with Gasteiger partial charge in [-0.25, -0.2) is 4.79 Å². The van der Waals surface area contributed by atoms with Crippen LogP contribution in [0.1, 0.15) is 17.5 Å². The van der Waals surface area contributed by atoms with Crippen LogP contribution in [0.3, 0.4) is 0 Å². The number of nitro benzene ring substituents is 1. The Balaban J connectivity index is 1.60. The maximum absolute atomic E-state index is 12.4. The molecule has 172 valence electrons. The largest absolute Gasteiger partial charge is 0.480 e. The van der Waals surface area contributed by atoms with Gasteiger partial charge in [0.25, 0.3) is 5.69 Å². The van der Waals surface area contributed by atoms with E-state index in [4.69, 9.17) is 0 Å². The average Bonchev–Trinajstić information content (AvgIpc) is 2.77. The summed E-state index contributed by atoms with van der Waals surface area (Å²) in [5, 5.41) is 28.0. The first kappa shape index (κ1) is 23.4. The number of hydrogen-bond acceptors (Lipinski definition) is 6. The zero-order valence-corrected chi connectivity index (χ0v) is 17.4. The molecule has 3 amide bonds. The predicted molar refractivity (Wildman–Crippen MR) is 115 cm³/mol. The van der Waals surface area contributed by atoms with E-state index in [1.165, 1.54) is 24.3 Å². The highest BCUT2D eigenvalue weighted by Crippen LogP contribution is 2.19. The second kappa shape index (κ2) is 10.4. The van der Waals surface area contributed by atoms with Crippen molar-refractivity contribution in [3.05, 3.63) is 75.8 Å². The van der Waals surface area contributed by atoms with E-state index in [9.17, 15) is 34.4 Å². The van der Waals surface area contributed by atoms with Gasteiger partial charge in [-0.15, -0.1) is 0 Å². The Morgan fingerprint density at radius 1 is 1.00 bits per heavy atom. The van der Waals surface area contributed by atoms with Crippen molar-refractivity contribution >= 4 is 29.4 Å². The number of rotatable bonds is 9. The third-order valence-electron chi connectivity index (χ3n) is 5.18. The van der Waals surface area contributed by atoms with Crippen LogP contribution in [0, 0.1) is 10.1 Å². The lowest BCUT2D eigenvalue weighted by atomic mass is 10.0. The van der Waals surface area contributed by atoms with E-state index >= 15 is 0 Å². The molecule has 0 saturated carbocycles. The summed E-state index contributed by atoms with van der Waals surface area (Å²) in [6.45, 7) is 0. The molecule has 0 aromatic heterocycles. The Morgan fingerprint density at radius 3 is 2.27 bits per heavy atom. The first-order valence-corrected chi connectivity index (χ1v) is 10.1. The topological polar surface area (TPSA) is 168 Å². The van der Waals surface area contributed by atoms with E-state index < -0.39 is 53.2 Å². The van der Waals surface area contributed by atoms with Crippen molar-refractivity contribution < 1.29 is 29.2 Å². The molecule has 11 nitrogen and oxygen atoms in total. The smallest absolute Gasteiger partial charge is 0.326 e. The Bertz CT molecular complexity index is 1070. The fourth-order valence-corrected chi connectivity index (χ4v) is 3.53. The number of carboxylic acids is 1. The van der Waals surface area contributed by atoms with Crippen molar-refractivity contribution in [2.24, 2.45) is 0 Å². The minimum atomic E-state index is -1.45. The summed E-state index contributed by atoms with van der Waals surface area (Å²) in [6.07, 6.45) is -0.509. The van der Waals surface area contributed by atoms with Gasteiger partial charge in [0, 0.05) is 24.5 Å². The normalized spacial score (nSPS) is 18.5. The van der Waals surface area contributed by atoms with E-state index in [0.29, 0.717) is 0 Å². The second-order valence-electron chi connectivity index (χ2n) is 7.56. The summed E-state index contributed by atoms with van der Waals surface area (Å²) in [6, 6.07) is 11.3. The number of hydrogen-bond donors (Lipinski definition) is 4. The molecular formula is C22H22N4O7. The van der Waals surface area contributed by atoms with E-state index in [1.54, 1.807) is 0 Å². The number of piperazine rings is 1. The number of nitro groups is 1. The highest BCUT2D eigenvalue weighted by atomic mass is 16.6. The van der Waals surface area contributed by atoms with Gasteiger partial charge in [0.05, 0.1) is 11.3 Å². The predicted octanol–water partition coefficient (Wildman–Crippen LogP) is 0.323. The van der Waals surface area contributed by atoms with Crippen LogP contribution in [0.15, 0.2) is 54.6 Å². The van der Waals surface area contributed by atoms with Crippen LogP contribution < -0.4 is 16.0 Å². The van der Waals surface area contributed by atoms with E-state index in [-0.39, 0.29) is 24.1 Å². The molecule has 0 spiro atoms. The molecular weight excluding hydrogens is 432 g/mol. The number of benzene rings is 2. The van der Waals surface area contributed by atoms with Crippen LogP contribution >= 0.6 is 0 Å². The molecule has 2 aromatic carbocycles. The summed E-state index contributed by atoms with van der Waals surface area (Å²) in [4.78, 5) is 59.4. The van der Waals surface area contributed by atoms with Crippen molar-refractivity contribution in [3.63, 3.8) is 0 Å². The Morgan fingerprint density at radius 2 is 1.61 bits per heavy atom. The molecule has 4 N–H and O–H groups in total. The molecule has 0 unspecified atom stereocenters. The molecule has 2 aromatic rings. The molecule has 0 bridgehead atoms. The van der Waals surface area contributed by atoms with Crippen LogP contribution in [0.25, 0.3) is 0 Å². The lowest BCUT2D eigenvalue weighted by Crippen LogP contribution is -2.63. The van der Waals surface area contributed by atoms with Gasteiger partial charge in [-0.3, -0.25) is 24.5 Å². The third-order valence-corrected chi connectivity index (χ3v) is 5.18. The van der Waals surface area contributed by atoms with Crippen LogP contribution in [-0.2, 0) is 32.0 Å². The number of carbonyl (C=O) groups is 4. The van der Waals surface area contributed by atoms with Crippen LogP contribution in [0.5, 0.6) is 0 Å². The number of amides is 3. The molecule has 0 radical (unpaired) electrons.